The summed E-state index contributed by atoms with van der Waals surface area (Å²) in [6.07, 6.45) is 1.84. The first-order valence-electron chi connectivity index (χ1n) is 6.20. The lowest BCUT2D eigenvalue weighted by atomic mass is 10.1. The number of pyridine rings is 1. The maximum absolute atomic E-state index is 9.53. The van der Waals surface area contributed by atoms with E-state index in [4.69, 9.17) is 0 Å². The number of aromatic nitrogens is 3. The van der Waals surface area contributed by atoms with E-state index in [0.29, 0.717) is 5.95 Å². The fourth-order valence-corrected chi connectivity index (χ4v) is 2.32. The Kier molecular flexibility index (Phi) is 3.66. The number of nitrogens with zero attached hydrogens (tertiary/aromatic N) is 3. The van der Waals surface area contributed by atoms with Crippen molar-refractivity contribution in [2.45, 2.75) is 6.04 Å². The van der Waals surface area contributed by atoms with Gasteiger partial charge in [-0.05, 0) is 33.6 Å². The van der Waals surface area contributed by atoms with Crippen LogP contribution in [0.5, 0.6) is 0 Å². The van der Waals surface area contributed by atoms with E-state index in [-0.39, 0.29) is 12.6 Å². The van der Waals surface area contributed by atoms with Crippen molar-refractivity contribution in [1.82, 2.24) is 14.6 Å². The van der Waals surface area contributed by atoms with Crippen molar-refractivity contribution in [1.29, 1.82) is 0 Å². The van der Waals surface area contributed by atoms with Crippen LogP contribution in [0.1, 0.15) is 11.6 Å². The maximum Gasteiger partial charge on any atom is 0.243 e. The molecule has 0 saturated heterocycles. The molecule has 5 nitrogen and oxygen atoms in total. The van der Waals surface area contributed by atoms with Crippen molar-refractivity contribution >= 4 is 27.5 Å². The van der Waals surface area contributed by atoms with E-state index >= 15 is 0 Å². The molecule has 0 aliphatic rings. The molecule has 2 N–H and O–H groups in total. The van der Waals surface area contributed by atoms with Crippen LogP contribution in [-0.4, -0.2) is 26.3 Å². The number of rotatable bonds is 4. The molecule has 1 unspecified atom stereocenters. The normalized spacial score (nSPS) is 12.5. The molecule has 0 spiro atoms. The van der Waals surface area contributed by atoms with Gasteiger partial charge in [0.05, 0.1) is 12.6 Å². The summed E-state index contributed by atoms with van der Waals surface area (Å²) in [5.41, 5.74) is 1.75. The smallest absolute Gasteiger partial charge is 0.243 e. The topological polar surface area (TPSA) is 62.5 Å². The summed E-state index contributed by atoms with van der Waals surface area (Å²) < 4.78 is 2.62. The van der Waals surface area contributed by atoms with Gasteiger partial charge in [-0.3, -0.25) is 0 Å². The van der Waals surface area contributed by atoms with Crippen molar-refractivity contribution in [3.05, 3.63) is 58.7 Å². The van der Waals surface area contributed by atoms with E-state index in [1.54, 1.807) is 4.52 Å². The van der Waals surface area contributed by atoms with Gasteiger partial charge >= 0.3 is 0 Å². The van der Waals surface area contributed by atoms with Crippen molar-refractivity contribution in [3.8, 4) is 0 Å². The van der Waals surface area contributed by atoms with Crippen LogP contribution in [0.3, 0.4) is 0 Å². The van der Waals surface area contributed by atoms with E-state index in [1.807, 2.05) is 48.7 Å². The number of anilines is 1. The third-order valence-electron chi connectivity index (χ3n) is 2.98. The Morgan fingerprint density at radius 3 is 2.75 bits per heavy atom. The van der Waals surface area contributed by atoms with Gasteiger partial charge in [-0.1, -0.05) is 30.3 Å². The Morgan fingerprint density at radius 1 is 1.20 bits per heavy atom. The molecule has 0 aliphatic carbocycles. The Morgan fingerprint density at radius 2 is 2.00 bits per heavy atom. The third-order valence-corrected chi connectivity index (χ3v) is 3.45. The average molecular weight is 333 g/mol. The first-order valence-corrected chi connectivity index (χ1v) is 7.00. The number of nitrogens with one attached hydrogen (secondary N) is 1. The van der Waals surface area contributed by atoms with Crippen LogP contribution in [0.25, 0.3) is 5.65 Å². The second kappa shape index (κ2) is 5.60. The minimum atomic E-state index is -0.225. The zero-order valence-electron chi connectivity index (χ0n) is 10.6. The van der Waals surface area contributed by atoms with Gasteiger partial charge in [-0.25, -0.2) is 4.52 Å². The molecule has 0 saturated carbocycles. The standard InChI is InChI=1S/C14H13BrN4O/c15-11-6-7-13-17-14(18-19(13)8-11)16-12(9-20)10-4-2-1-3-5-10/h1-8,12,20H,9H2,(H,16,18). The largest absolute Gasteiger partial charge is 0.394 e. The van der Waals surface area contributed by atoms with E-state index in [0.717, 1.165) is 15.7 Å². The molecule has 102 valence electrons. The lowest BCUT2D eigenvalue weighted by Crippen LogP contribution is -2.15. The maximum atomic E-state index is 9.53. The SMILES string of the molecule is OCC(Nc1nc2ccc(Br)cn2n1)c1ccccc1. The first-order chi connectivity index (χ1) is 9.76. The molecule has 0 bridgehead atoms. The number of halogens is 1. The summed E-state index contributed by atoms with van der Waals surface area (Å²) in [5.74, 6) is 0.492. The van der Waals surface area contributed by atoms with Gasteiger partial charge in [0.15, 0.2) is 5.65 Å². The number of hydrogen-bond acceptors (Lipinski definition) is 4. The Balaban J connectivity index is 1.87. The molecule has 1 aromatic carbocycles. The predicted octanol–water partition coefficient (Wildman–Crippen LogP) is 2.64. The number of hydrogen-bond donors (Lipinski definition) is 2. The number of benzene rings is 1. The number of aliphatic hydroxyl groups excluding tert-OH is 1. The summed E-state index contributed by atoms with van der Waals surface area (Å²) >= 11 is 3.39. The second-order valence-electron chi connectivity index (χ2n) is 4.38. The molecule has 3 rings (SSSR count). The second-order valence-corrected chi connectivity index (χ2v) is 5.29. The monoisotopic (exact) mass is 332 g/mol. The van der Waals surface area contributed by atoms with E-state index in [9.17, 15) is 5.11 Å². The molecule has 2 aromatic heterocycles. The number of fused-ring (bicyclic) bond motifs is 1. The zero-order chi connectivity index (χ0) is 13.9. The van der Waals surface area contributed by atoms with Crippen molar-refractivity contribution in [2.24, 2.45) is 0 Å². The fraction of sp³-hybridized carbons (Fsp3) is 0.143. The average Bonchev–Trinajstić information content (AvgIpc) is 2.87. The molecule has 6 heteroatoms. The molecular weight excluding hydrogens is 320 g/mol. The quantitative estimate of drug-likeness (QED) is 0.771. The highest BCUT2D eigenvalue weighted by molar-refractivity contribution is 9.10. The highest BCUT2D eigenvalue weighted by atomic mass is 79.9. The van der Waals surface area contributed by atoms with Gasteiger partial charge in [-0.15, -0.1) is 5.10 Å². The molecule has 0 amide bonds. The lowest BCUT2D eigenvalue weighted by molar-refractivity contribution is 0.276. The van der Waals surface area contributed by atoms with Gasteiger partial charge in [0, 0.05) is 10.7 Å². The molecule has 0 radical (unpaired) electrons. The highest BCUT2D eigenvalue weighted by Gasteiger charge is 2.12. The Hall–Kier alpha value is -1.92. The van der Waals surface area contributed by atoms with Gasteiger partial charge in [0.1, 0.15) is 0 Å². The van der Waals surface area contributed by atoms with Crippen molar-refractivity contribution in [3.63, 3.8) is 0 Å². The van der Waals surface area contributed by atoms with E-state index in [2.05, 4.69) is 31.3 Å². The van der Waals surface area contributed by atoms with E-state index in [1.165, 1.54) is 0 Å². The minimum Gasteiger partial charge on any atom is -0.394 e. The van der Waals surface area contributed by atoms with Crippen molar-refractivity contribution in [2.75, 3.05) is 11.9 Å². The zero-order valence-corrected chi connectivity index (χ0v) is 12.2. The Labute approximate surface area is 124 Å². The van der Waals surface area contributed by atoms with Gasteiger partial charge in [-0.2, -0.15) is 4.98 Å². The third kappa shape index (κ3) is 2.66. The fourth-order valence-electron chi connectivity index (χ4n) is 1.99. The molecule has 0 fully saturated rings. The summed E-state index contributed by atoms with van der Waals surface area (Å²) in [6.45, 7) is -0.0245. The molecule has 20 heavy (non-hydrogen) atoms. The van der Waals surface area contributed by atoms with Crippen LogP contribution < -0.4 is 5.32 Å². The number of aliphatic hydroxyl groups is 1. The lowest BCUT2D eigenvalue weighted by Gasteiger charge is -2.14. The molecular formula is C14H13BrN4O. The predicted molar refractivity (Wildman–Crippen MR) is 80.6 cm³/mol. The van der Waals surface area contributed by atoms with Gasteiger partial charge < -0.3 is 10.4 Å². The van der Waals surface area contributed by atoms with Crippen LogP contribution >= 0.6 is 15.9 Å². The molecule has 1 atom stereocenters. The van der Waals surface area contributed by atoms with Crippen LogP contribution in [0, 0.1) is 0 Å². The van der Waals surface area contributed by atoms with Crippen LogP contribution in [0.15, 0.2) is 53.1 Å². The molecule has 2 heterocycles. The van der Waals surface area contributed by atoms with Gasteiger partial charge in [0.2, 0.25) is 5.95 Å². The van der Waals surface area contributed by atoms with Crippen LogP contribution in [0.2, 0.25) is 0 Å². The summed E-state index contributed by atoms with van der Waals surface area (Å²) in [6, 6.07) is 13.3. The van der Waals surface area contributed by atoms with Crippen LogP contribution in [0.4, 0.5) is 5.95 Å². The minimum absolute atomic E-state index is 0.0245. The summed E-state index contributed by atoms with van der Waals surface area (Å²) in [7, 11) is 0. The van der Waals surface area contributed by atoms with E-state index < -0.39 is 0 Å². The van der Waals surface area contributed by atoms with Crippen molar-refractivity contribution < 1.29 is 5.11 Å². The van der Waals surface area contributed by atoms with Crippen LogP contribution in [-0.2, 0) is 0 Å². The summed E-state index contributed by atoms with van der Waals surface area (Å²) in [5, 5.41) is 17.0. The first kappa shape index (κ1) is 13.1. The summed E-state index contributed by atoms with van der Waals surface area (Å²) in [4.78, 5) is 4.38. The highest BCUT2D eigenvalue weighted by Crippen LogP contribution is 2.18. The Bertz CT molecular complexity index is 714. The van der Waals surface area contributed by atoms with Gasteiger partial charge in [0.25, 0.3) is 0 Å². The molecule has 3 aromatic rings. The molecule has 0 aliphatic heterocycles.